The van der Waals surface area contributed by atoms with Gasteiger partial charge in [0.2, 0.25) is 0 Å². The number of quaternary nitrogens is 1. The zero-order valence-electron chi connectivity index (χ0n) is 12.1. The fraction of sp³-hybridized carbons (Fsp3) is 0.357. The van der Waals surface area contributed by atoms with Gasteiger partial charge in [-0.15, -0.1) is 0 Å². The second-order valence-electron chi connectivity index (χ2n) is 4.46. The minimum atomic E-state index is -1.38. The number of rotatable bonds is 8. The van der Waals surface area contributed by atoms with Crippen molar-refractivity contribution in [2.45, 2.75) is 12.5 Å². The molecule has 0 bridgehead atoms. The smallest absolute Gasteiger partial charge is 0.339 e. The number of aliphatic carboxylic acids is 1. The van der Waals surface area contributed by atoms with Crippen LogP contribution in [0.3, 0.4) is 0 Å². The molecule has 1 amide bonds. The molecular formula is C14H18N2O6. The molecule has 8 nitrogen and oxygen atoms in total. The molecule has 8 heteroatoms. The number of carbonyl (C=O) groups excluding carboxylic acids is 3. The standard InChI is InChI=1S/C14H18N2O6/c1-22-14(21)9-4-2-3-5-10(9)16-13(20)11(8-12(18)19)15-6-7-17/h2-5,11,15,17H,6-8H2,1H3,(H,16,20)(H,18,19)/t11-/m0/s1. The number of carbonyl (C=O) groups is 3. The summed E-state index contributed by atoms with van der Waals surface area (Å²) in [6.07, 6.45) is -0.508. The molecule has 1 atom stereocenters. The van der Waals surface area contributed by atoms with E-state index >= 15 is 0 Å². The van der Waals surface area contributed by atoms with E-state index in [0.29, 0.717) is 0 Å². The summed E-state index contributed by atoms with van der Waals surface area (Å²) in [5, 5.41) is 23.4. The number of esters is 1. The Bertz CT molecular complexity index is 546. The monoisotopic (exact) mass is 310 g/mol. The molecule has 0 aliphatic carbocycles. The maximum Gasteiger partial charge on any atom is 0.339 e. The highest BCUT2D eigenvalue weighted by Crippen LogP contribution is 2.16. The van der Waals surface area contributed by atoms with E-state index in [0.717, 1.165) is 0 Å². The second kappa shape index (κ2) is 8.75. The summed E-state index contributed by atoms with van der Waals surface area (Å²) in [7, 11) is 1.22. The number of carboxylic acid groups (broad SMARTS) is 1. The molecule has 120 valence electrons. The number of ether oxygens (including phenoxy) is 1. The van der Waals surface area contributed by atoms with Crippen LogP contribution in [0.25, 0.3) is 0 Å². The van der Waals surface area contributed by atoms with Crippen molar-refractivity contribution >= 4 is 23.5 Å². The number of benzene rings is 1. The van der Waals surface area contributed by atoms with Crippen LogP contribution in [-0.2, 0) is 14.3 Å². The molecule has 1 aromatic rings. The van der Waals surface area contributed by atoms with Gasteiger partial charge >= 0.3 is 5.97 Å². The van der Waals surface area contributed by atoms with Crippen molar-refractivity contribution < 1.29 is 34.7 Å². The summed E-state index contributed by atoms with van der Waals surface area (Å²) in [5.41, 5.74) is 0.382. The van der Waals surface area contributed by atoms with Gasteiger partial charge in [0.1, 0.15) is 0 Å². The van der Waals surface area contributed by atoms with Gasteiger partial charge in [-0.1, -0.05) is 12.1 Å². The lowest BCUT2D eigenvalue weighted by Crippen LogP contribution is -2.93. The number of carboxylic acids is 1. The first kappa shape index (κ1) is 17.6. The fourth-order valence-corrected chi connectivity index (χ4v) is 1.84. The van der Waals surface area contributed by atoms with E-state index in [4.69, 9.17) is 5.11 Å². The number of amides is 1. The number of nitrogens with two attached hydrogens (primary N) is 1. The van der Waals surface area contributed by atoms with Crippen LogP contribution in [0.4, 0.5) is 5.69 Å². The Morgan fingerprint density at radius 1 is 1.36 bits per heavy atom. The maximum absolute atomic E-state index is 12.1. The Morgan fingerprint density at radius 2 is 2.05 bits per heavy atom. The lowest BCUT2D eigenvalue weighted by Gasteiger charge is -2.16. The fourth-order valence-electron chi connectivity index (χ4n) is 1.84. The van der Waals surface area contributed by atoms with Crippen molar-refractivity contribution in [3.05, 3.63) is 29.8 Å². The summed E-state index contributed by atoms with van der Waals surface area (Å²) in [6.45, 7) is -0.0282. The van der Waals surface area contributed by atoms with Crippen molar-refractivity contribution in [1.82, 2.24) is 0 Å². The van der Waals surface area contributed by atoms with E-state index in [-0.39, 0.29) is 24.4 Å². The molecule has 0 aliphatic heterocycles. The normalized spacial score (nSPS) is 11.5. The number of aliphatic hydroxyl groups is 1. The molecule has 0 radical (unpaired) electrons. The van der Waals surface area contributed by atoms with E-state index in [2.05, 4.69) is 10.1 Å². The summed E-state index contributed by atoms with van der Waals surface area (Å²) < 4.78 is 4.61. The summed E-state index contributed by atoms with van der Waals surface area (Å²) in [4.78, 5) is 34.5. The van der Waals surface area contributed by atoms with Crippen LogP contribution in [0, 0.1) is 0 Å². The van der Waals surface area contributed by atoms with Gasteiger partial charge in [-0.25, -0.2) is 4.79 Å². The van der Waals surface area contributed by atoms with Crippen LogP contribution in [0.2, 0.25) is 0 Å². The topological polar surface area (TPSA) is 132 Å². The lowest BCUT2D eigenvalue weighted by atomic mass is 10.1. The van der Waals surface area contributed by atoms with E-state index < -0.39 is 30.3 Å². The maximum atomic E-state index is 12.1. The van der Waals surface area contributed by atoms with Gasteiger partial charge in [-0.05, 0) is 12.1 Å². The van der Waals surface area contributed by atoms with Crippen LogP contribution < -0.4 is 15.7 Å². The second-order valence-corrected chi connectivity index (χ2v) is 4.46. The first-order valence-electron chi connectivity index (χ1n) is 6.61. The third-order valence-electron chi connectivity index (χ3n) is 2.89. The van der Waals surface area contributed by atoms with Gasteiger partial charge < -0.3 is 30.4 Å². The predicted octanol–water partition coefficient (Wildman–Crippen LogP) is -2.52. The molecule has 0 fully saturated rings. The Kier molecular flexibility index (Phi) is 7.00. The zero-order chi connectivity index (χ0) is 16.5. The minimum absolute atomic E-state index is 0.160. The molecule has 22 heavy (non-hydrogen) atoms. The molecule has 0 saturated heterocycles. The van der Waals surface area contributed by atoms with E-state index in [1.807, 2.05) is 0 Å². The molecule has 1 aromatic carbocycles. The highest BCUT2D eigenvalue weighted by Gasteiger charge is 2.23. The van der Waals surface area contributed by atoms with Crippen LogP contribution in [-0.4, -0.2) is 49.3 Å². The number of hydrogen-bond acceptors (Lipinski definition) is 6. The first-order valence-corrected chi connectivity index (χ1v) is 6.61. The van der Waals surface area contributed by atoms with Gasteiger partial charge in [0.15, 0.2) is 6.04 Å². The molecule has 0 aromatic heterocycles. The Morgan fingerprint density at radius 3 is 2.64 bits per heavy atom. The highest BCUT2D eigenvalue weighted by molar-refractivity contribution is 6.02. The van der Waals surface area contributed by atoms with Gasteiger partial charge in [0.25, 0.3) is 5.91 Å². The quantitative estimate of drug-likeness (QED) is 0.454. The molecule has 1 rings (SSSR count). The summed E-state index contributed by atoms with van der Waals surface area (Å²) in [5.74, 6) is -2.60. The third kappa shape index (κ3) is 5.15. The van der Waals surface area contributed by atoms with Gasteiger partial charge in [0, 0.05) is 12.4 Å². The SMILES string of the molecule is COC(=O)c1ccccc1NC(=O)[C@H](CC(=O)[O-])[NH2+]CCO. The van der Waals surface area contributed by atoms with Gasteiger partial charge in [0.05, 0.1) is 31.5 Å². The molecule has 0 spiro atoms. The van der Waals surface area contributed by atoms with E-state index in [9.17, 15) is 19.5 Å². The lowest BCUT2D eigenvalue weighted by molar-refractivity contribution is -0.677. The van der Waals surface area contributed by atoms with E-state index in [1.165, 1.54) is 24.6 Å². The number of hydrogen-bond donors (Lipinski definition) is 3. The minimum Gasteiger partial charge on any atom is -0.550 e. The summed E-state index contributed by atoms with van der Waals surface area (Å²) in [6, 6.07) is 5.24. The van der Waals surface area contributed by atoms with Crippen LogP contribution >= 0.6 is 0 Å². The highest BCUT2D eigenvalue weighted by atomic mass is 16.5. The van der Waals surface area contributed by atoms with Crippen LogP contribution in [0.15, 0.2) is 24.3 Å². The van der Waals surface area contributed by atoms with Gasteiger partial charge in [-0.2, -0.15) is 0 Å². The van der Waals surface area contributed by atoms with Crippen molar-refractivity contribution in [3.8, 4) is 0 Å². The Balaban J connectivity index is 2.88. The Hall–Kier alpha value is -2.45. The molecular weight excluding hydrogens is 292 g/mol. The molecule has 0 heterocycles. The average molecular weight is 310 g/mol. The van der Waals surface area contributed by atoms with Crippen molar-refractivity contribution in [2.75, 3.05) is 25.6 Å². The number of para-hydroxylation sites is 1. The third-order valence-corrected chi connectivity index (χ3v) is 2.89. The molecule has 0 unspecified atom stereocenters. The van der Waals surface area contributed by atoms with Crippen molar-refractivity contribution in [1.29, 1.82) is 0 Å². The average Bonchev–Trinajstić information content (AvgIpc) is 2.50. The number of nitrogens with one attached hydrogen (secondary N) is 1. The van der Waals surface area contributed by atoms with Gasteiger partial charge in [-0.3, -0.25) is 4.79 Å². The largest absolute Gasteiger partial charge is 0.550 e. The molecule has 4 N–H and O–H groups in total. The van der Waals surface area contributed by atoms with Crippen molar-refractivity contribution in [2.24, 2.45) is 0 Å². The first-order chi connectivity index (χ1) is 10.5. The Labute approximate surface area is 127 Å². The van der Waals surface area contributed by atoms with Crippen LogP contribution in [0.5, 0.6) is 0 Å². The zero-order valence-corrected chi connectivity index (χ0v) is 12.1. The number of methoxy groups -OCH3 is 1. The van der Waals surface area contributed by atoms with Crippen LogP contribution in [0.1, 0.15) is 16.8 Å². The number of anilines is 1. The molecule has 0 saturated carbocycles. The predicted molar refractivity (Wildman–Crippen MR) is 73.7 cm³/mol. The van der Waals surface area contributed by atoms with Crippen molar-refractivity contribution in [3.63, 3.8) is 0 Å². The molecule has 0 aliphatic rings. The summed E-state index contributed by atoms with van der Waals surface area (Å²) >= 11 is 0. The number of aliphatic hydroxyl groups excluding tert-OH is 1. The van der Waals surface area contributed by atoms with E-state index in [1.54, 1.807) is 12.1 Å².